The summed E-state index contributed by atoms with van der Waals surface area (Å²) < 4.78 is 5.42. The van der Waals surface area contributed by atoms with E-state index in [9.17, 15) is 9.59 Å². The summed E-state index contributed by atoms with van der Waals surface area (Å²) in [5.41, 5.74) is 3.16. The highest BCUT2D eigenvalue weighted by molar-refractivity contribution is 8.11. The summed E-state index contributed by atoms with van der Waals surface area (Å²) in [6, 6.07) is 3.96. The van der Waals surface area contributed by atoms with E-state index in [1.54, 1.807) is 7.11 Å². The highest BCUT2D eigenvalue weighted by atomic mass is 32.2. The monoisotopic (exact) mass is 394 g/mol. The summed E-state index contributed by atoms with van der Waals surface area (Å²) in [5, 5.41) is 2.70. The lowest BCUT2D eigenvalue weighted by Crippen LogP contribution is -2.37. The molecule has 1 N–H and O–H groups in total. The topological polar surface area (TPSA) is 58.6 Å². The molecule has 0 bridgehead atoms. The molecule has 1 aromatic carbocycles. The van der Waals surface area contributed by atoms with Crippen LogP contribution in [0.2, 0.25) is 0 Å². The first-order valence-electron chi connectivity index (χ1n) is 9.03. The maximum absolute atomic E-state index is 12.6. The molecule has 1 aromatic rings. The van der Waals surface area contributed by atoms with Crippen LogP contribution in [0.3, 0.4) is 0 Å². The molecule has 2 amide bonds. The fraction of sp³-hybridized carbons (Fsp3) is 0.579. The van der Waals surface area contributed by atoms with Crippen molar-refractivity contribution in [2.24, 2.45) is 5.92 Å². The molecule has 2 aliphatic rings. The third kappa shape index (κ3) is 3.98. The predicted molar refractivity (Wildman–Crippen MR) is 109 cm³/mol. The molecule has 5 nitrogen and oxygen atoms in total. The number of hydrogen-bond acceptors (Lipinski definition) is 5. The Morgan fingerprint density at radius 1 is 1.35 bits per heavy atom. The Bertz CT molecular complexity index is 708. The van der Waals surface area contributed by atoms with E-state index >= 15 is 0 Å². The van der Waals surface area contributed by atoms with Crippen LogP contribution in [-0.2, 0) is 22.4 Å². The maximum atomic E-state index is 12.6. The van der Waals surface area contributed by atoms with Crippen LogP contribution in [0.4, 0.5) is 5.69 Å². The molecule has 1 fully saturated rings. The Morgan fingerprint density at radius 2 is 2.12 bits per heavy atom. The van der Waals surface area contributed by atoms with Gasteiger partial charge in [0.1, 0.15) is 10.5 Å². The molecule has 2 aliphatic heterocycles. The quantitative estimate of drug-likeness (QED) is 0.728. The lowest BCUT2D eigenvalue weighted by atomic mass is 9.92. The molecule has 1 saturated heterocycles. The molecule has 0 aromatic heterocycles. The van der Waals surface area contributed by atoms with Crippen molar-refractivity contribution in [3.05, 3.63) is 23.3 Å². The Kier molecular flexibility index (Phi) is 6.07. The number of hydrogen-bond donors (Lipinski definition) is 2. The SMILES string of the molecule is COc1ccc(CC2SC(S)NC2=O)c2c1N(CCC(C)C)C(=O)CC2. The molecule has 0 saturated carbocycles. The Labute approximate surface area is 164 Å². The van der Waals surface area contributed by atoms with Crippen LogP contribution in [0.15, 0.2) is 12.1 Å². The van der Waals surface area contributed by atoms with E-state index in [-0.39, 0.29) is 21.8 Å². The number of nitrogens with zero attached hydrogens (tertiary/aromatic N) is 1. The van der Waals surface area contributed by atoms with Crippen molar-refractivity contribution in [2.75, 3.05) is 18.6 Å². The van der Waals surface area contributed by atoms with Gasteiger partial charge in [-0.1, -0.05) is 19.9 Å². The summed E-state index contributed by atoms with van der Waals surface area (Å²) >= 11 is 5.87. The van der Waals surface area contributed by atoms with Crippen LogP contribution in [0.1, 0.15) is 37.8 Å². The number of anilines is 1. The number of amides is 2. The van der Waals surface area contributed by atoms with E-state index in [4.69, 9.17) is 4.74 Å². The van der Waals surface area contributed by atoms with Gasteiger partial charge in [-0.25, -0.2) is 0 Å². The van der Waals surface area contributed by atoms with Crippen LogP contribution in [0.5, 0.6) is 5.75 Å². The van der Waals surface area contributed by atoms with Crippen LogP contribution in [-0.4, -0.2) is 35.4 Å². The standard InChI is InChI=1S/C19H26N2O3S2/c1-11(2)8-9-21-16(22)7-5-13-12(4-6-14(24-3)17(13)21)10-15-18(23)20-19(25)26-15/h4,6,11,15,19,25H,5,7-10H2,1-3H3,(H,20,23). The minimum absolute atomic E-state index is 0.0307. The summed E-state index contributed by atoms with van der Waals surface area (Å²) in [5.74, 6) is 1.43. The summed E-state index contributed by atoms with van der Waals surface area (Å²) in [6.07, 6.45) is 2.79. The van der Waals surface area contributed by atoms with Gasteiger partial charge in [-0.2, -0.15) is 0 Å². The first-order chi connectivity index (χ1) is 12.4. The highest BCUT2D eigenvalue weighted by Gasteiger charge is 2.34. The molecular formula is C19H26N2O3S2. The molecule has 142 valence electrons. The van der Waals surface area contributed by atoms with Gasteiger partial charge < -0.3 is 15.0 Å². The number of nitrogens with one attached hydrogen (secondary N) is 1. The average molecular weight is 395 g/mol. The first-order valence-corrected chi connectivity index (χ1v) is 10.5. The van der Waals surface area contributed by atoms with Crippen LogP contribution in [0, 0.1) is 5.92 Å². The van der Waals surface area contributed by atoms with Crippen LogP contribution < -0.4 is 15.0 Å². The van der Waals surface area contributed by atoms with Gasteiger partial charge in [0.25, 0.3) is 0 Å². The minimum Gasteiger partial charge on any atom is -0.495 e. The highest BCUT2D eigenvalue weighted by Crippen LogP contribution is 2.40. The summed E-state index contributed by atoms with van der Waals surface area (Å²) in [4.78, 5) is 26.6. The van der Waals surface area contributed by atoms with Crippen LogP contribution in [0.25, 0.3) is 0 Å². The van der Waals surface area contributed by atoms with Gasteiger partial charge >= 0.3 is 0 Å². The first kappa shape index (κ1) is 19.4. The van der Waals surface area contributed by atoms with Crippen molar-refractivity contribution in [3.8, 4) is 5.75 Å². The zero-order chi connectivity index (χ0) is 18.8. The van der Waals surface area contributed by atoms with Crippen molar-refractivity contribution in [2.45, 2.75) is 49.5 Å². The smallest absolute Gasteiger partial charge is 0.235 e. The van der Waals surface area contributed by atoms with Gasteiger partial charge in [-0.05, 0) is 42.4 Å². The number of ether oxygens (including phenoxy) is 1. The second-order valence-electron chi connectivity index (χ2n) is 7.17. The molecule has 0 aliphatic carbocycles. The van der Waals surface area contributed by atoms with Gasteiger partial charge in [0.15, 0.2) is 0 Å². The third-order valence-electron chi connectivity index (χ3n) is 4.91. The Hall–Kier alpha value is -1.34. The second kappa shape index (κ2) is 8.13. The minimum atomic E-state index is -0.148. The molecule has 2 unspecified atom stereocenters. The predicted octanol–water partition coefficient (Wildman–Crippen LogP) is 3.01. The molecule has 26 heavy (non-hydrogen) atoms. The van der Waals surface area contributed by atoms with Gasteiger partial charge in [0, 0.05) is 13.0 Å². The Balaban J connectivity index is 1.94. The van der Waals surface area contributed by atoms with Crippen molar-refractivity contribution < 1.29 is 14.3 Å². The third-order valence-corrected chi connectivity index (χ3v) is 6.49. The summed E-state index contributed by atoms with van der Waals surface area (Å²) in [6.45, 7) is 5.01. The fourth-order valence-electron chi connectivity index (χ4n) is 3.51. The molecule has 2 heterocycles. The van der Waals surface area contributed by atoms with Crippen molar-refractivity contribution >= 4 is 41.9 Å². The zero-order valence-corrected chi connectivity index (χ0v) is 17.2. The molecule has 3 rings (SSSR count). The van der Waals surface area contributed by atoms with Gasteiger partial charge in [-0.15, -0.1) is 24.4 Å². The number of fused-ring (bicyclic) bond motifs is 1. The van der Waals surface area contributed by atoms with Crippen molar-refractivity contribution in [1.82, 2.24) is 5.32 Å². The van der Waals surface area contributed by atoms with E-state index in [1.807, 2.05) is 17.0 Å². The lowest BCUT2D eigenvalue weighted by molar-refractivity contribution is -0.120. The fourth-order valence-corrected chi connectivity index (χ4v) is 5.04. The number of thiol groups is 1. The van der Waals surface area contributed by atoms with Gasteiger partial charge in [-0.3, -0.25) is 9.59 Å². The number of rotatable bonds is 6. The van der Waals surface area contributed by atoms with E-state index in [1.165, 1.54) is 11.8 Å². The van der Waals surface area contributed by atoms with E-state index in [0.29, 0.717) is 31.7 Å². The molecule has 7 heteroatoms. The van der Waals surface area contributed by atoms with E-state index in [2.05, 4.69) is 31.8 Å². The normalized spacial score (nSPS) is 22.6. The largest absolute Gasteiger partial charge is 0.495 e. The van der Waals surface area contributed by atoms with E-state index in [0.717, 1.165) is 29.0 Å². The summed E-state index contributed by atoms with van der Waals surface area (Å²) in [7, 11) is 1.64. The maximum Gasteiger partial charge on any atom is 0.235 e. The van der Waals surface area contributed by atoms with Crippen molar-refractivity contribution in [1.29, 1.82) is 0 Å². The number of benzene rings is 1. The van der Waals surface area contributed by atoms with Crippen molar-refractivity contribution in [3.63, 3.8) is 0 Å². The molecule has 2 atom stereocenters. The number of methoxy groups -OCH3 is 1. The number of carbonyl (C=O) groups is 2. The van der Waals surface area contributed by atoms with Gasteiger partial charge in [0.2, 0.25) is 11.8 Å². The van der Waals surface area contributed by atoms with Gasteiger partial charge in [0.05, 0.1) is 18.0 Å². The number of carbonyl (C=O) groups excluding carboxylic acids is 2. The van der Waals surface area contributed by atoms with E-state index < -0.39 is 0 Å². The Morgan fingerprint density at radius 3 is 2.73 bits per heavy atom. The average Bonchev–Trinajstić information content (AvgIpc) is 2.91. The molecule has 0 spiro atoms. The second-order valence-corrected chi connectivity index (χ2v) is 9.35. The molecule has 0 radical (unpaired) electrons. The molecular weight excluding hydrogens is 368 g/mol. The van der Waals surface area contributed by atoms with Crippen LogP contribution >= 0.6 is 24.4 Å². The number of thioether (sulfide) groups is 1. The zero-order valence-electron chi connectivity index (χ0n) is 15.4. The lowest BCUT2D eigenvalue weighted by Gasteiger charge is -2.33.